The first-order valence-electron chi connectivity index (χ1n) is 10.3. The van der Waals surface area contributed by atoms with Gasteiger partial charge in [0.15, 0.2) is 0 Å². The molecule has 2 nitrogen and oxygen atoms in total. The first-order chi connectivity index (χ1) is 12.0. The zero-order valence-corrected chi connectivity index (χ0v) is 18.1. The van der Waals surface area contributed by atoms with E-state index >= 15 is 0 Å². The average molecular weight is 348 g/mol. The van der Waals surface area contributed by atoms with Gasteiger partial charge in [-0.1, -0.05) is 72.9 Å². The molecule has 0 radical (unpaired) electrons. The van der Waals surface area contributed by atoms with Crippen LogP contribution in [0.25, 0.3) is 0 Å². The Balaban J connectivity index is 0.00000134. The molecule has 1 aliphatic carbocycles. The SMILES string of the molecule is CC.CC.CN=Cc1cccc(C2C(C)CCCC2C)c1OC(C)C. The van der Waals surface area contributed by atoms with Gasteiger partial charge in [-0.3, -0.25) is 4.99 Å². The third-order valence-corrected chi connectivity index (χ3v) is 4.60. The molecule has 0 bridgehead atoms. The fourth-order valence-corrected chi connectivity index (χ4v) is 3.74. The van der Waals surface area contributed by atoms with Crippen molar-refractivity contribution in [2.45, 2.75) is 86.7 Å². The minimum Gasteiger partial charge on any atom is -0.490 e. The van der Waals surface area contributed by atoms with Crippen LogP contribution in [0.1, 0.15) is 91.7 Å². The van der Waals surface area contributed by atoms with Gasteiger partial charge in [-0.05, 0) is 43.2 Å². The molecule has 0 heterocycles. The van der Waals surface area contributed by atoms with Crippen LogP contribution in [0.2, 0.25) is 0 Å². The molecule has 1 saturated carbocycles. The number of hydrogen-bond donors (Lipinski definition) is 0. The second-order valence-corrected chi connectivity index (χ2v) is 6.73. The molecule has 0 spiro atoms. The number of ether oxygens (including phenoxy) is 1. The van der Waals surface area contributed by atoms with Gasteiger partial charge in [-0.2, -0.15) is 0 Å². The van der Waals surface area contributed by atoms with Crippen LogP contribution in [-0.4, -0.2) is 19.4 Å². The van der Waals surface area contributed by atoms with E-state index in [4.69, 9.17) is 4.74 Å². The molecule has 0 aliphatic heterocycles. The number of rotatable bonds is 4. The molecule has 0 saturated heterocycles. The van der Waals surface area contributed by atoms with Gasteiger partial charge in [-0.25, -0.2) is 0 Å². The molecule has 144 valence electrons. The Morgan fingerprint density at radius 2 is 1.60 bits per heavy atom. The topological polar surface area (TPSA) is 21.6 Å². The predicted molar refractivity (Wildman–Crippen MR) is 113 cm³/mol. The third kappa shape index (κ3) is 6.84. The molecular weight excluding hydrogens is 306 g/mol. The summed E-state index contributed by atoms with van der Waals surface area (Å²) in [7, 11) is 1.82. The Bertz CT molecular complexity index is 483. The summed E-state index contributed by atoms with van der Waals surface area (Å²) in [5.41, 5.74) is 2.48. The summed E-state index contributed by atoms with van der Waals surface area (Å²) in [5.74, 6) is 3.08. The van der Waals surface area contributed by atoms with Crippen molar-refractivity contribution in [3.05, 3.63) is 29.3 Å². The van der Waals surface area contributed by atoms with Crippen LogP contribution in [0, 0.1) is 11.8 Å². The quantitative estimate of drug-likeness (QED) is 0.531. The van der Waals surface area contributed by atoms with Crippen LogP contribution < -0.4 is 4.74 Å². The van der Waals surface area contributed by atoms with Gasteiger partial charge in [-0.15, -0.1) is 0 Å². The Morgan fingerprint density at radius 1 is 1.04 bits per heavy atom. The van der Waals surface area contributed by atoms with Crippen LogP contribution in [0.4, 0.5) is 0 Å². The second-order valence-electron chi connectivity index (χ2n) is 6.73. The minimum atomic E-state index is 0.185. The summed E-state index contributed by atoms with van der Waals surface area (Å²) in [6, 6.07) is 6.51. The highest BCUT2D eigenvalue weighted by Crippen LogP contribution is 2.45. The van der Waals surface area contributed by atoms with Crippen molar-refractivity contribution in [2.24, 2.45) is 16.8 Å². The minimum absolute atomic E-state index is 0.185. The van der Waals surface area contributed by atoms with E-state index in [0.29, 0.717) is 5.92 Å². The van der Waals surface area contributed by atoms with Crippen LogP contribution >= 0.6 is 0 Å². The van der Waals surface area contributed by atoms with Crippen LogP contribution in [0.5, 0.6) is 5.75 Å². The molecule has 2 atom stereocenters. The van der Waals surface area contributed by atoms with E-state index in [1.54, 1.807) is 0 Å². The van der Waals surface area contributed by atoms with E-state index in [2.05, 4.69) is 50.9 Å². The zero-order chi connectivity index (χ0) is 19.4. The van der Waals surface area contributed by atoms with Gasteiger partial charge < -0.3 is 4.74 Å². The standard InChI is InChI=1S/C19H29NO.2C2H6/c1-13(2)21-19-16(12-20-5)10-7-11-17(19)18-14(3)8-6-9-15(18)4;2*1-2/h7,10-15,18H,6,8-9H2,1-5H3;2*1-2H3. The zero-order valence-electron chi connectivity index (χ0n) is 18.1. The lowest BCUT2D eigenvalue weighted by molar-refractivity contribution is 0.215. The normalized spacial score (nSPS) is 22.7. The summed E-state index contributed by atoms with van der Waals surface area (Å²) in [6.45, 7) is 17.0. The molecule has 1 aromatic carbocycles. The lowest BCUT2D eigenvalue weighted by atomic mass is 9.70. The van der Waals surface area contributed by atoms with Crippen LogP contribution in [0.15, 0.2) is 23.2 Å². The van der Waals surface area contributed by atoms with Crippen LogP contribution in [-0.2, 0) is 0 Å². The van der Waals surface area contributed by atoms with Gasteiger partial charge in [0.2, 0.25) is 0 Å². The summed E-state index contributed by atoms with van der Waals surface area (Å²) in [4.78, 5) is 4.19. The van der Waals surface area contributed by atoms with Gasteiger partial charge in [0.1, 0.15) is 5.75 Å². The monoisotopic (exact) mass is 347 g/mol. The number of nitrogens with zero attached hydrogens (tertiary/aromatic N) is 1. The fraction of sp³-hybridized carbons (Fsp3) is 0.696. The maximum absolute atomic E-state index is 6.19. The molecule has 0 amide bonds. The lowest BCUT2D eigenvalue weighted by Gasteiger charge is -2.36. The second kappa shape index (κ2) is 13.0. The van der Waals surface area contributed by atoms with Crippen molar-refractivity contribution >= 4 is 6.21 Å². The maximum atomic E-state index is 6.19. The van der Waals surface area contributed by atoms with E-state index in [1.807, 2.05) is 41.0 Å². The van der Waals surface area contributed by atoms with Crippen LogP contribution in [0.3, 0.4) is 0 Å². The maximum Gasteiger partial charge on any atom is 0.131 e. The molecule has 0 N–H and O–H groups in total. The van der Waals surface area contributed by atoms with Gasteiger partial charge in [0.05, 0.1) is 6.10 Å². The Kier molecular flexibility index (Phi) is 12.3. The van der Waals surface area contributed by atoms with Gasteiger partial charge >= 0.3 is 0 Å². The predicted octanol–water partition coefficient (Wildman–Crippen LogP) is 7.11. The summed E-state index contributed by atoms with van der Waals surface area (Å²) >= 11 is 0. The molecule has 2 unspecified atom stereocenters. The first kappa shape index (κ1) is 23.7. The molecular formula is C23H41NO. The summed E-state index contributed by atoms with van der Waals surface area (Å²) < 4.78 is 6.19. The van der Waals surface area contributed by atoms with Crippen molar-refractivity contribution in [1.29, 1.82) is 0 Å². The molecule has 25 heavy (non-hydrogen) atoms. The van der Waals surface area contributed by atoms with Gasteiger partial charge in [0.25, 0.3) is 0 Å². The van der Waals surface area contributed by atoms with Crippen molar-refractivity contribution in [2.75, 3.05) is 7.05 Å². The van der Waals surface area contributed by atoms with Gasteiger partial charge in [0, 0.05) is 18.8 Å². The smallest absolute Gasteiger partial charge is 0.131 e. The highest BCUT2D eigenvalue weighted by Gasteiger charge is 2.31. The Morgan fingerprint density at radius 3 is 2.08 bits per heavy atom. The largest absolute Gasteiger partial charge is 0.490 e. The number of aliphatic imine (C=N–C) groups is 1. The highest BCUT2D eigenvalue weighted by molar-refractivity contribution is 5.84. The van der Waals surface area contributed by atoms with E-state index in [-0.39, 0.29) is 6.10 Å². The first-order valence-corrected chi connectivity index (χ1v) is 10.3. The average Bonchev–Trinajstić information content (AvgIpc) is 2.60. The van der Waals surface area contributed by atoms with Crippen molar-refractivity contribution < 1.29 is 4.74 Å². The van der Waals surface area contributed by atoms with Crippen molar-refractivity contribution in [1.82, 2.24) is 0 Å². The van der Waals surface area contributed by atoms with Crippen molar-refractivity contribution in [3.8, 4) is 5.75 Å². The molecule has 1 aromatic rings. The third-order valence-electron chi connectivity index (χ3n) is 4.60. The highest BCUT2D eigenvalue weighted by atomic mass is 16.5. The Labute approximate surface area is 157 Å². The van der Waals surface area contributed by atoms with E-state index in [9.17, 15) is 0 Å². The molecule has 0 aromatic heterocycles. The van der Waals surface area contributed by atoms with Crippen molar-refractivity contribution in [3.63, 3.8) is 0 Å². The molecule has 2 heteroatoms. The summed E-state index contributed by atoms with van der Waals surface area (Å²) in [5, 5.41) is 0. The van der Waals surface area contributed by atoms with E-state index < -0.39 is 0 Å². The number of hydrogen-bond acceptors (Lipinski definition) is 2. The number of benzene rings is 1. The van der Waals surface area contributed by atoms with E-state index in [1.165, 1.54) is 24.8 Å². The Hall–Kier alpha value is -1.31. The number of para-hydroxylation sites is 1. The molecule has 1 fully saturated rings. The molecule has 1 aliphatic rings. The van der Waals surface area contributed by atoms with E-state index in [0.717, 1.165) is 23.1 Å². The molecule has 2 rings (SSSR count). The fourth-order valence-electron chi connectivity index (χ4n) is 3.74. The summed E-state index contributed by atoms with van der Waals surface area (Å²) in [6.07, 6.45) is 6.10. The lowest BCUT2D eigenvalue weighted by Crippen LogP contribution is -2.24.